The largest absolute Gasteiger partial charge is 0.497 e. The smallest absolute Gasteiger partial charge is 0.146 e. The minimum absolute atomic E-state index is 0.222. The quantitative estimate of drug-likeness (QED) is 0.844. The molecule has 2 N–H and O–H groups in total. The van der Waals surface area contributed by atoms with E-state index in [1.807, 2.05) is 0 Å². The van der Waals surface area contributed by atoms with Crippen LogP contribution in [-0.4, -0.2) is 26.7 Å². The van der Waals surface area contributed by atoms with Gasteiger partial charge >= 0.3 is 0 Å². The molecule has 0 amide bonds. The predicted molar refractivity (Wildman–Crippen MR) is 67.0 cm³/mol. The number of rotatable bonds is 4. The van der Waals surface area contributed by atoms with E-state index in [0.29, 0.717) is 17.4 Å². The van der Waals surface area contributed by atoms with E-state index in [1.54, 1.807) is 19.2 Å². The van der Waals surface area contributed by atoms with Crippen LogP contribution in [0.25, 0.3) is 0 Å². The lowest BCUT2D eigenvalue weighted by molar-refractivity contribution is 0.389. The highest BCUT2D eigenvalue weighted by atomic mass is 19.1. The fourth-order valence-corrected chi connectivity index (χ4v) is 2.11. The van der Waals surface area contributed by atoms with Crippen molar-refractivity contribution in [2.24, 2.45) is 5.92 Å². The molecule has 1 aliphatic heterocycles. The Morgan fingerprint density at radius 1 is 1.41 bits per heavy atom. The summed E-state index contributed by atoms with van der Waals surface area (Å²) in [5, 5.41) is 6.50. The molecule has 0 bridgehead atoms. The Morgan fingerprint density at radius 3 is 2.88 bits per heavy atom. The maximum atomic E-state index is 13.5. The molecule has 0 unspecified atom stereocenters. The first-order valence-electron chi connectivity index (χ1n) is 6.07. The van der Waals surface area contributed by atoms with E-state index in [4.69, 9.17) is 4.74 Å². The lowest BCUT2D eigenvalue weighted by Crippen LogP contribution is -2.31. The average molecular weight is 238 g/mol. The van der Waals surface area contributed by atoms with Crippen molar-refractivity contribution in [3.63, 3.8) is 0 Å². The summed E-state index contributed by atoms with van der Waals surface area (Å²) in [7, 11) is 1.59. The average Bonchev–Trinajstić information content (AvgIpc) is 2.39. The van der Waals surface area contributed by atoms with Crippen LogP contribution in [0, 0.1) is 11.7 Å². The van der Waals surface area contributed by atoms with Crippen LogP contribution in [-0.2, 0) is 0 Å². The summed E-state index contributed by atoms with van der Waals surface area (Å²) < 4.78 is 18.6. The van der Waals surface area contributed by atoms with E-state index >= 15 is 0 Å². The van der Waals surface area contributed by atoms with E-state index in [-0.39, 0.29) is 5.82 Å². The molecular formula is C13H19FN2O. The SMILES string of the molecule is COc1ccc(F)c(NCC2CCNCC2)c1. The molecule has 1 saturated heterocycles. The number of hydrogen-bond donors (Lipinski definition) is 2. The van der Waals surface area contributed by atoms with Crippen LogP contribution < -0.4 is 15.4 Å². The van der Waals surface area contributed by atoms with Gasteiger partial charge in [-0.1, -0.05) is 0 Å². The summed E-state index contributed by atoms with van der Waals surface area (Å²) in [6, 6.07) is 4.77. The normalized spacial score (nSPS) is 16.8. The first-order chi connectivity index (χ1) is 8.29. The van der Waals surface area contributed by atoms with Crippen LogP contribution in [0.1, 0.15) is 12.8 Å². The summed E-state index contributed by atoms with van der Waals surface area (Å²) in [6.45, 7) is 2.95. The lowest BCUT2D eigenvalue weighted by atomic mass is 9.98. The Bertz CT molecular complexity index is 364. The van der Waals surface area contributed by atoms with Gasteiger partial charge in [-0.2, -0.15) is 0 Å². The van der Waals surface area contributed by atoms with Crippen molar-refractivity contribution in [3.8, 4) is 5.75 Å². The Kier molecular flexibility index (Phi) is 4.20. The third-order valence-corrected chi connectivity index (χ3v) is 3.21. The molecule has 3 nitrogen and oxygen atoms in total. The maximum absolute atomic E-state index is 13.5. The number of halogens is 1. The summed E-state index contributed by atoms with van der Waals surface area (Å²) in [6.07, 6.45) is 2.30. The molecule has 1 heterocycles. The van der Waals surface area contributed by atoms with Crippen molar-refractivity contribution in [2.75, 3.05) is 32.1 Å². The number of nitrogens with one attached hydrogen (secondary N) is 2. The molecule has 1 aromatic rings. The Hall–Kier alpha value is -1.29. The molecule has 17 heavy (non-hydrogen) atoms. The fraction of sp³-hybridized carbons (Fsp3) is 0.538. The summed E-state index contributed by atoms with van der Waals surface area (Å²) in [5.41, 5.74) is 0.530. The van der Waals surface area contributed by atoms with Gasteiger partial charge in [0.25, 0.3) is 0 Å². The second kappa shape index (κ2) is 5.87. The number of piperidine rings is 1. The van der Waals surface area contributed by atoms with Gasteiger partial charge in [0.1, 0.15) is 11.6 Å². The van der Waals surface area contributed by atoms with Crippen LogP contribution in [0.2, 0.25) is 0 Å². The van der Waals surface area contributed by atoms with E-state index in [1.165, 1.54) is 6.07 Å². The van der Waals surface area contributed by atoms with Crippen molar-refractivity contribution in [1.82, 2.24) is 5.32 Å². The first-order valence-corrected chi connectivity index (χ1v) is 6.07. The van der Waals surface area contributed by atoms with Crippen molar-refractivity contribution in [2.45, 2.75) is 12.8 Å². The predicted octanol–water partition coefficient (Wildman–Crippen LogP) is 2.25. The van der Waals surface area contributed by atoms with Crippen LogP contribution in [0.5, 0.6) is 5.75 Å². The van der Waals surface area contributed by atoms with E-state index in [0.717, 1.165) is 32.5 Å². The topological polar surface area (TPSA) is 33.3 Å². The Balaban J connectivity index is 1.92. The monoisotopic (exact) mass is 238 g/mol. The van der Waals surface area contributed by atoms with Crippen LogP contribution in [0.15, 0.2) is 18.2 Å². The molecule has 0 aromatic heterocycles. The summed E-state index contributed by atoms with van der Waals surface area (Å²) in [4.78, 5) is 0. The summed E-state index contributed by atoms with van der Waals surface area (Å²) >= 11 is 0. The van der Waals surface area contributed by atoms with Crippen molar-refractivity contribution >= 4 is 5.69 Å². The minimum Gasteiger partial charge on any atom is -0.497 e. The zero-order valence-corrected chi connectivity index (χ0v) is 10.1. The van der Waals surface area contributed by atoms with Crippen molar-refractivity contribution in [3.05, 3.63) is 24.0 Å². The molecule has 0 atom stereocenters. The molecule has 1 aromatic carbocycles. The molecule has 0 spiro atoms. The van der Waals surface area contributed by atoms with Gasteiger partial charge < -0.3 is 15.4 Å². The zero-order valence-electron chi connectivity index (χ0n) is 10.1. The second-order valence-electron chi connectivity index (χ2n) is 4.42. The van der Waals surface area contributed by atoms with Crippen LogP contribution in [0.4, 0.5) is 10.1 Å². The fourth-order valence-electron chi connectivity index (χ4n) is 2.11. The highest BCUT2D eigenvalue weighted by Gasteiger charge is 2.13. The molecule has 0 aliphatic carbocycles. The highest BCUT2D eigenvalue weighted by Crippen LogP contribution is 2.22. The van der Waals surface area contributed by atoms with Gasteiger partial charge in [-0.05, 0) is 44.0 Å². The Morgan fingerprint density at radius 2 is 2.18 bits per heavy atom. The standard InChI is InChI=1S/C13H19FN2O/c1-17-11-2-3-12(14)13(8-11)16-9-10-4-6-15-7-5-10/h2-3,8,10,15-16H,4-7,9H2,1H3. The molecule has 2 rings (SSSR count). The molecule has 1 fully saturated rings. The zero-order chi connectivity index (χ0) is 12.1. The van der Waals surface area contributed by atoms with Crippen LogP contribution in [0.3, 0.4) is 0 Å². The number of benzene rings is 1. The van der Waals surface area contributed by atoms with Gasteiger partial charge in [-0.3, -0.25) is 0 Å². The van der Waals surface area contributed by atoms with Gasteiger partial charge in [-0.15, -0.1) is 0 Å². The molecule has 94 valence electrons. The lowest BCUT2D eigenvalue weighted by Gasteiger charge is -2.23. The van der Waals surface area contributed by atoms with Gasteiger partial charge in [-0.25, -0.2) is 4.39 Å². The Labute approximate surface area is 101 Å². The number of ether oxygens (including phenoxy) is 1. The molecule has 0 radical (unpaired) electrons. The van der Waals surface area contributed by atoms with Gasteiger partial charge in [0, 0.05) is 12.6 Å². The maximum Gasteiger partial charge on any atom is 0.146 e. The van der Waals surface area contributed by atoms with Crippen LogP contribution >= 0.6 is 0 Å². The number of hydrogen-bond acceptors (Lipinski definition) is 3. The van der Waals surface area contributed by atoms with E-state index in [2.05, 4.69) is 10.6 Å². The molecular weight excluding hydrogens is 219 g/mol. The first kappa shape index (κ1) is 12.2. The van der Waals surface area contributed by atoms with Gasteiger partial charge in [0.15, 0.2) is 0 Å². The van der Waals surface area contributed by atoms with Crippen molar-refractivity contribution < 1.29 is 9.13 Å². The van der Waals surface area contributed by atoms with E-state index in [9.17, 15) is 4.39 Å². The van der Waals surface area contributed by atoms with Gasteiger partial charge in [0.2, 0.25) is 0 Å². The summed E-state index contributed by atoms with van der Waals surface area (Å²) in [5.74, 6) is 1.08. The number of methoxy groups -OCH3 is 1. The molecule has 1 aliphatic rings. The van der Waals surface area contributed by atoms with E-state index < -0.39 is 0 Å². The molecule has 0 saturated carbocycles. The third kappa shape index (κ3) is 3.33. The second-order valence-corrected chi connectivity index (χ2v) is 4.42. The van der Waals surface area contributed by atoms with Gasteiger partial charge in [0.05, 0.1) is 12.8 Å². The highest BCUT2D eigenvalue weighted by molar-refractivity contribution is 5.49. The number of anilines is 1. The third-order valence-electron chi connectivity index (χ3n) is 3.21. The minimum atomic E-state index is -0.222. The van der Waals surface area contributed by atoms with Crippen molar-refractivity contribution in [1.29, 1.82) is 0 Å². The molecule has 4 heteroatoms.